The molecule has 1 unspecified atom stereocenters. The van der Waals surface area contributed by atoms with Crippen molar-refractivity contribution in [2.24, 2.45) is 0 Å². The summed E-state index contributed by atoms with van der Waals surface area (Å²) in [6.45, 7) is 6.65. The van der Waals surface area contributed by atoms with Gasteiger partial charge in [0.25, 0.3) is 0 Å². The van der Waals surface area contributed by atoms with Crippen LogP contribution in [0.5, 0.6) is 0 Å². The molecule has 0 aliphatic carbocycles. The number of esters is 3. The second kappa shape index (κ2) is 59.2. The number of hydrogen-bond donors (Lipinski definition) is 0. The maximum atomic E-state index is 12.9. The lowest BCUT2D eigenvalue weighted by Gasteiger charge is -2.18. The molecule has 0 saturated carbocycles. The van der Waals surface area contributed by atoms with Crippen molar-refractivity contribution in [1.29, 1.82) is 0 Å². The number of allylic oxidation sites excluding steroid dienone is 6. The van der Waals surface area contributed by atoms with Crippen molar-refractivity contribution in [3.8, 4) is 0 Å². The van der Waals surface area contributed by atoms with Crippen LogP contribution in [0, 0.1) is 0 Å². The van der Waals surface area contributed by atoms with Crippen LogP contribution in [0.15, 0.2) is 36.5 Å². The van der Waals surface area contributed by atoms with E-state index in [1.807, 2.05) is 0 Å². The van der Waals surface area contributed by atoms with Gasteiger partial charge in [-0.2, -0.15) is 0 Å². The number of hydrogen-bond acceptors (Lipinski definition) is 6. The highest BCUT2D eigenvalue weighted by atomic mass is 16.6. The van der Waals surface area contributed by atoms with Crippen molar-refractivity contribution in [1.82, 2.24) is 0 Å². The Morgan fingerprint density at radius 2 is 0.514 bits per heavy atom. The molecule has 0 bridgehead atoms. The van der Waals surface area contributed by atoms with Crippen molar-refractivity contribution >= 4 is 17.9 Å². The Hall–Kier alpha value is -2.37. The van der Waals surface area contributed by atoms with E-state index in [1.165, 1.54) is 218 Å². The van der Waals surface area contributed by atoms with Gasteiger partial charge in [-0.25, -0.2) is 0 Å². The monoisotopic (exact) mass is 983 g/mol. The fourth-order valence-corrected chi connectivity index (χ4v) is 9.18. The first kappa shape index (κ1) is 67.6. The lowest BCUT2D eigenvalue weighted by atomic mass is 10.0. The first-order valence-electron chi connectivity index (χ1n) is 31.0. The minimum absolute atomic E-state index is 0.0744. The van der Waals surface area contributed by atoms with Gasteiger partial charge in [-0.1, -0.05) is 276 Å². The second-order valence-corrected chi connectivity index (χ2v) is 21.0. The maximum Gasteiger partial charge on any atom is 0.306 e. The first-order valence-corrected chi connectivity index (χ1v) is 31.0. The van der Waals surface area contributed by atoms with E-state index in [9.17, 15) is 14.4 Å². The van der Waals surface area contributed by atoms with Crippen LogP contribution in [-0.2, 0) is 28.6 Å². The molecule has 6 heteroatoms. The minimum atomic E-state index is -0.778. The first-order chi connectivity index (χ1) is 34.5. The van der Waals surface area contributed by atoms with E-state index in [0.717, 1.165) is 77.0 Å². The standard InChI is InChI=1S/C64H118O6/c1-4-7-10-13-16-19-22-25-28-30-32-34-36-39-42-45-48-51-54-57-63(66)69-60-61(59-68-62(65)56-53-50-47-44-41-38-35-27-24-21-18-15-12-9-6-3)70-64(67)58-55-52-49-46-43-40-37-33-31-29-26-23-20-17-14-11-8-5-2/h18,21,27,29,31,35,61H,4-17,19-20,22-26,28,30,32-34,36-60H2,1-3H3/b21-18-,31-29-,35-27-. The fraction of sp³-hybridized carbons (Fsp3) is 0.859. The largest absolute Gasteiger partial charge is 0.462 e. The molecule has 410 valence electrons. The molecule has 0 heterocycles. The van der Waals surface area contributed by atoms with E-state index in [1.54, 1.807) is 0 Å². The van der Waals surface area contributed by atoms with Crippen LogP contribution in [0.4, 0.5) is 0 Å². The van der Waals surface area contributed by atoms with Gasteiger partial charge in [-0.05, 0) is 77.0 Å². The molecule has 0 radical (unpaired) electrons. The van der Waals surface area contributed by atoms with Crippen LogP contribution >= 0.6 is 0 Å². The van der Waals surface area contributed by atoms with E-state index in [0.29, 0.717) is 19.3 Å². The van der Waals surface area contributed by atoms with E-state index >= 15 is 0 Å². The molecular weight excluding hydrogens is 865 g/mol. The lowest BCUT2D eigenvalue weighted by molar-refractivity contribution is -0.167. The number of unbranched alkanes of at least 4 members (excludes halogenated alkanes) is 40. The molecule has 0 saturated heterocycles. The third-order valence-corrected chi connectivity index (χ3v) is 13.9. The number of carbonyl (C=O) groups is 3. The van der Waals surface area contributed by atoms with Gasteiger partial charge < -0.3 is 14.2 Å². The Balaban J connectivity index is 4.34. The quantitative estimate of drug-likeness (QED) is 0.0261. The molecule has 0 rings (SSSR count). The average Bonchev–Trinajstić information content (AvgIpc) is 3.36. The Kier molecular flexibility index (Phi) is 57.2. The predicted molar refractivity (Wildman–Crippen MR) is 302 cm³/mol. The zero-order chi connectivity index (χ0) is 50.7. The van der Waals surface area contributed by atoms with Crippen LogP contribution < -0.4 is 0 Å². The van der Waals surface area contributed by atoms with Gasteiger partial charge in [0.05, 0.1) is 0 Å². The summed E-state index contributed by atoms with van der Waals surface area (Å²) in [7, 11) is 0. The van der Waals surface area contributed by atoms with E-state index < -0.39 is 6.10 Å². The van der Waals surface area contributed by atoms with Crippen molar-refractivity contribution in [3.63, 3.8) is 0 Å². The molecule has 1 atom stereocenters. The predicted octanol–water partition coefficient (Wildman–Crippen LogP) is 20.8. The van der Waals surface area contributed by atoms with Crippen molar-refractivity contribution in [2.45, 2.75) is 341 Å². The molecule has 0 aliphatic rings. The van der Waals surface area contributed by atoms with Gasteiger partial charge in [0.1, 0.15) is 13.2 Å². The molecule has 0 aliphatic heterocycles. The van der Waals surface area contributed by atoms with Gasteiger partial charge in [-0.15, -0.1) is 0 Å². The number of carbonyl (C=O) groups excluding carboxylic acids is 3. The summed E-state index contributed by atoms with van der Waals surface area (Å²) < 4.78 is 16.9. The third kappa shape index (κ3) is 56.5. The highest BCUT2D eigenvalue weighted by Crippen LogP contribution is 2.17. The van der Waals surface area contributed by atoms with Crippen LogP contribution in [-0.4, -0.2) is 37.2 Å². The minimum Gasteiger partial charge on any atom is -0.462 e. The molecule has 0 aromatic carbocycles. The van der Waals surface area contributed by atoms with Crippen molar-refractivity contribution in [3.05, 3.63) is 36.5 Å². The van der Waals surface area contributed by atoms with Gasteiger partial charge in [0.2, 0.25) is 0 Å². The highest BCUT2D eigenvalue weighted by Gasteiger charge is 2.19. The van der Waals surface area contributed by atoms with E-state index in [2.05, 4.69) is 57.2 Å². The second-order valence-electron chi connectivity index (χ2n) is 21.0. The molecule has 6 nitrogen and oxygen atoms in total. The van der Waals surface area contributed by atoms with E-state index in [-0.39, 0.29) is 31.1 Å². The molecule has 0 amide bonds. The highest BCUT2D eigenvalue weighted by molar-refractivity contribution is 5.71. The maximum absolute atomic E-state index is 12.9. The SMILES string of the molecule is CCCCC/C=C\C/C=C\CCCCCCCC(=O)OCC(COC(=O)CCCCCCCCCCCCCCCCCCCCC)OC(=O)CCCCCCCCC/C=C\CCCCCCCCC. The average molecular weight is 984 g/mol. The van der Waals surface area contributed by atoms with Crippen molar-refractivity contribution in [2.75, 3.05) is 13.2 Å². The molecular formula is C64H118O6. The summed E-state index contributed by atoms with van der Waals surface area (Å²) in [6.07, 6.45) is 71.4. The van der Waals surface area contributed by atoms with Gasteiger partial charge >= 0.3 is 17.9 Å². The van der Waals surface area contributed by atoms with Crippen molar-refractivity contribution < 1.29 is 28.6 Å². The molecule has 0 spiro atoms. The fourth-order valence-electron chi connectivity index (χ4n) is 9.18. The zero-order valence-electron chi connectivity index (χ0n) is 47.1. The van der Waals surface area contributed by atoms with Crippen LogP contribution in [0.25, 0.3) is 0 Å². The third-order valence-electron chi connectivity index (χ3n) is 13.9. The topological polar surface area (TPSA) is 78.9 Å². The summed E-state index contributed by atoms with van der Waals surface area (Å²) in [4.78, 5) is 38.3. The summed E-state index contributed by atoms with van der Waals surface area (Å²) in [5.74, 6) is -0.872. The number of rotatable bonds is 57. The van der Waals surface area contributed by atoms with Crippen LogP contribution in [0.1, 0.15) is 335 Å². The summed E-state index contributed by atoms with van der Waals surface area (Å²) in [5.41, 5.74) is 0. The molecule has 0 aromatic rings. The Bertz CT molecular complexity index is 1170. The normalized spacial score (nSPS) is 12.2. The van der Waals surface area contributed by atoms with Crippen LogP contribution in [0.3, 0.4) is 0 Å². The Morgan fingerprint density at radius 3 is 0.829 bits per heavy atom. The molecule has 0 fully saturated rings. The smallest absolute Gasteiger partial charge is 0.306 e. The van der Waals surface area contributed by atoms with Gasteiger partial charge in [0, 0.05) is 19.3 Å². The van der Waals surface area contributed by atoms with E-state index in [4.69, 9.17) is 14.2 Å². The summed E-state index contributed by atoms with van der Waals surface area (Å²) in [5, 5.41) is 0. The lowest BCUT2D eigenvalue weighted by Crippen LogP contribution is -2.30. The molecule has 70 heavy (non-hydrogen) atoms. The Labute approximate surface area is 435 Å². The molecule has 0 aromatic heterocycles. The van der Waals surface area contributed by atoms with Gasteiger partial charge in [-0.3, -0.25) is 14.4 Å². The Morgan fingerprint density at radius 1 is 0.286 bits per heavy atom. The van der Waals surface area contributed by atoms with Gasteiger partial charge in [0.15, 0.2) is 6.10 Å². The zero-order valence-corrected chi connectivity index (χ0v) is 47.1. The summed E-state index contributed by atoms with van der Waals surface area (Å²) >= 11 is 0. The van der Waals surface area contributed by atoms with Crippen LogP contribution in [0.2, 0.25) is 0 Å². The molecule has 0 N–H and O–H groups in total. The summed E-state index contributed by atoms with van der Waals surface area (Å²) in [6, 6.07) is 0. The number of ether oxygens (including phenoxy) is 3.